The number of hydrogen-bond donors (Lipinski definition) is 1. The van der Waals surface area contributed by atoms with Gasteiger partial charge in [0.05, 0.1) is 12.2 Å². The molecular weight excluding hydrogens is 316 g/mol. The lowest BCUT2D eigenvalue weighted by Gasteiger charge is -2.37. The molecule has 1 aliphatic rings. The predicted octanol–water partition coefficient (Wildman–Crippen LogP) is 1.44. The number of carbonyl (C=O) groups is 1. The van der Waals surface area contributed by atoms with Crippen molar-refractivity contribution in [3.05, 3.63) is 41.9 Å². The molecule has 3 rings (SSSR count). The minimum Gasteiger partial charge on any atom is -0.310 e. The van der Waals surface area contributed by atoms with E-state index in [0.717, 1.165) is 37.7 Å². The molecule has 134 valence electrons. The highest BCUT2D eigenvalue weighted by molar-refractivity contribution is 5.91. The average molecular weight is 342 g/mol. The third-order valence-electron chi connectivity index (χ3n) is 4.76. The van der Waals surface area contributed by atoms with Crippen LogP contribution in [0.15, 0.2) is 30.6 Å². The monoisotopic (exact) mass is 342 g/mol. The van der Waals surface area contributed by atoms with E-state index >= 15 is 0 Å². The van der Waals surface area contributed by atoms with Gasteiger partial charge in [-0.15, -0.1) is 0 Å². The summed E-state index contributed by atoms with van der Waals surface area (Å²) < 4.78 is 1.70. The minimum atomic E-state index is 0.0109. The van der Waals surface area contributed by atoms with Crippen molar-refractivity contribution in [3.8, 4) is 0 Å². The topological polar surface area (TPSA) is 66.3 Å². The van der Waals surface area contributed by atoms with Crippen molar-refractivity contribution in [2.24, 2.45) is 7.05 Å². The summed E-state index contributed by atoms with van der Waals surface area (Å²) in [6, 6.07) is 6.33. The molecular formula is C18H26N6O. The number of nitrogens with one attached hydrogen (secondary N) is 1. The molecule has 2 aromatic rings. The van der Waals surface area contributed by atoms with Gasteiger partial charge in [0.1, 0.15) is 5.82 Å². The number of aromatic nitrogens is 3. The first kappa shape index (κ1) is 17.6. The SMILES string of the molecule is Cc1cc(NC(=O)CN2CCN(C(C)c3cccnc3)CC2)n(C)n1. The molecule has 3 heterocycles. The van der Waals surface area contributed by atoms with Crippen molar-refractivity contribution >= 4 is 11.7 Å². The molecule has 2 aromatic heterocycles. The van der Waals surface area contributed by atoms with Crippen molar-refractivity contribution in [1.82, 2.24) is 24.6 Å². The van der Waals surface area contributed by atoms with Gasteiger partial charge in [0.2, 0.25) is 5.91 Å². The molecule has 7 nitrogen and oxygen atoms in total. The molecule has 0 spiro atoms. The van der Waals surface area contributed by atoms with Crippen LogP contribution in [0.5, 0.6) is 0 Å². The van der Waals surface area contributed by atoms with E-state index in [1.807, 2.05) is 32.3 Å². The summed E-state index contributed by atoms with van der Waals surface area (Å²) in [4.78, 5) is 21.1. The third-order valence-corrected chi connectivity index (χ3v) is 4.76. The molecule has 1 saturated heterocycles. The van der Waals surface area contributed by atoms with Crippen molar-refractivity contribution in [2.45, 2.75) is 19.9 Å². The van der Waals surface area contributed by atoms with Crippen LogP contribution < -0.4 is 5.32 Å². The molecule has 7 heteroatoms. The lowest BCUT2D eigenvalue weighted by Crippen LogP contribution is -2.49. The summed E-state index contributed by atoms with van der Waals surface area (Å²) in [7, 11) is 1.83. The Morgan fingerprint density at radius 1 is 1.32 bits per heavy atom. The van der Waals surface area contributed by atoms with Gasteiger partial charge in [0, 0.05) is 57.7 Å². The Bertz CT molecular complexity index is 706. The molecule has 1 atom stereocenters. The van der Waals surface area contributed by atoms with Gasteiger partial charge < -0.3 is 5.32 Å². The third kappa shape index (κ3) is 4.43. The summed E-state index contributed by atoms with van der Waals surface area (Å²) in [6.07, 6.45) is 3.73. The van der Waals surface area contributed by atoms with E-state index in [1.165, 1.54) is 5.56 Å². The summed E-state index contributed by atoms with van der Waals surface area (Å²) in [6.45, 7) is 8.23. The Labute approximate surface area is 148 Å². The van der Waals surface area contributed by atoms with Crippen molar-refractivity contribution in [3.63, 3.8) is 0 Å². The number of anilines is 1. The van der Waals surface area contributed by atoms with Crippen LogP contribution in [0.3, 0.4) is 0 Å². The fraction of sp³-hybridized carbons (Fsp3) is 0.500. The van der Waals surface area contributed by atoms with Gasteiger partial charge in [-0.2, -0.15) is 5.10 Å². The van der Waals surface area contributed by atoms with E-state index in [0.29, 0.717) is 12.6 Å². The molecule has 0 saturated carbocycles. The number of pyridine rings is 1. The van der Waals surface area contributed by atoms with Crippen molar-refractivity contribution < 1.29 is 4.79 Å². The van der Waals surface area contributed by atoms with Gasteiger partial charge in [0.15, 0.2) is 0 Å². The first-order valence-corrected chi connectivity index (χ1v) is 8.70. The smallest absolute Gasteiger partial charge is 0.239 e. The van der Waals surface area contributed by atoms with Crippen molar-refractivity contribution in [2.75, 3.05) is 38.0 Å². The maximum atomic E-state index is 12.3. The van der Waals surface area contributed by atoms with E-state index in [4.69, 9.17) is 0 Å². The number of piperazine rings is 1. The zero-order valence-electron chi connectivity index (χ0n) is 15.1. The van der Waals surface area contributed by atoms with Crippen molar-refractivity contribution in [1.29, 1.82) is 0 Å². The number of amides is 1. The van der Waals surface area contributed by atoms with Crippen LogP contribution in [0, 0.1) is 6.92 Å². The maximum Gasteiger partial charge on any atom is 0.239 e. The highest BCUT2D eigenvalue weighted by Gasteiger charge is 2.23. The van der Waals surface area contributed by atoms with Crippen LogP contribution in [-0.2, 0) is 11.8 Å². The van der Waals surface area contributed by atoms with Gasteiger partial charge in [0.25, 0.3) is 0 Å². The molecule has 1 unspecified atom stereocenters. The van der Waals surface area contributed by atoms with Gasteiger partial charge in [-0.3, -0.25) is 24.3 Å². The Kier molecular flexibility index (Phi) is 5.45. The molecule has 0 aromatic carbocycles. The number of rotatable bonds is 5. The minimum absolute atomic E-state index is 0.0109. The summed E-state index contributed by atoms with van der Waals surface area (Å²) in [5.41, 5.74) is 2.14. The van der Waals surface area contributed by atoms with E-state index in [2.05, 4.69) is 38.2 Å². The van der Waals surface area contributed by atoms with E-state index in [1.54, 1.807) is 10.9 Å². The molecule has 25 heavy (non-hydrogen) atoms. The number of carbonyl (C=O) groups excluding carboxylic acids is 1. The zero-order valence-corrected chi connectivity index (χ0v) is 15.1. The predicted molar refractivity (Wildman–Crippen MR) is 97.2 cm³/mol. The largest absolute Gasteiger partial charge is 0.310 e. The van der Waals surface area contributed by atoms with Gasteiger partial charge in [-0.25, -0.2) is 0 Å². The average Bonchev–Trinajstić information content (AvgIpc) is 2.92. The van der Waals surface area contributed by atoms with Gasteiger partial charge >= 0.3 is 0 Å². The lowest BCUT2D eigenvalue weighted by atomic mass is 10.1. The number of nitrogens with zero attached hydrogens (tertiary/aromatic N) is 5. The fourth-order valence-corrected chi connectivity index (χ4v) is 3.26. The first-order valence-electron chi connectivity index (χ1n) is 8.70. The highest BCUT2D eigenvalue weighted by Crippen LogP contribution is 2.20. The lowest BCUT2D eigenvalue weighted by molar-refractivity contribution is -0.117. The van der Waals surface area contributed by atoms with E-state index < -0.39 is 0 Å². The standard InChI is InChI=1S/C18H26N6O/c1-14-11-17(22(3)21-14)20-18(25)13-23-7-9-24(10-8-23)15(2)16-5-4-6-19-12-16/h4-6,11-12,15H,7-10,13H2,1-3H3,(H,20,25). The van der Waals surface area contributed by atoms with Gasteiger partial charge in [-0.1, -0.05) is 6.07 Å². The second-order valence-electron chi connectivity index (χ2n) is 6.62. The zero-order chi connectivity index (χ0) is 17.8. The van der Waals surface area contributed by atoms with Crippen LogP contribution in [0.4, 0.5) is 5.82 Å². The number of hydrogen-bond acceptors (Lipinski definition) is 5. The van der Waals surface area contributed by atoms with Crippen LogP contribution in [0.1, 0.15) is 24.2 Å². The second-order valence-corrected chi connectivity index (χ2v) is 6.62. The van der Waals surface area contributed by atoms with E-state index in [-0.39, 0.29) is 5.91 Å². The van der Waals surface area contributed by atoms with Crippen LogP contribution in [-0.4, -0.2) is 63.2 Å². The Morgan fingerprint density at radius 2 is 2.08 bits per heavy atom. The highest BCUT2D eigenvalue weighted by atomic mass is 16.2. The normalized spacial score (nSPS) is 17.4. The molecule has 1 amide bonds. The molecule has 0 bridgehead atoms. The molecule has 0 radical (unpaired) electrons. The fourth-order valence-electron chi connectivity index (χ4n) is 3.26. The summed E-state index contributed by atoms with van der Waals surface area (Å²) >= 11 is 0. The molecule has 1 N–H and O–H groups in total. The quantitative estimate of drug-likeness (QED) is 0.891. The Balaban J connectivity index is 1.47. The second kappa shape index (κ2) is 7.76. The first-order chi connectivity index (χ1) is 12.0. The van der Waals surface area contributed by atoms with Gasteiger partial charge in [-0.05, 0) is 25.5 Å². The molecule has 1 fully saturated rings. The van der Waals surface area contributed by atoms with E-state index in [9.17, 15) is 4.79 Å². The van der Waals surface area contributed by atoms with Crippen LogP contribution in [0.25, 0.3) is 0 Å². The summed E-state index contributed by atoms with van der Waals surface area (Å²) in [5.74, 6) is 0.753. The maximum absolute atomic E-state index is 12.3. The summed E-state index contributed by atoms with van der Waals surface area (Å²) in [5, 5.41) is 7.18. The molecule has 0 aliphatic carbocycles. The Hall–Kier alpha value is -2.25. The van der Waals surface area contributed by atoms with Crippen LogP contribution >= 0.6 is 0 Å². The van der Waals surface area contributed by atoms with Crippen LogP contribution in [0.2, 0.25) is 0 Å². The number of aryl methyl sites for hydroxylation is 2. The Morgan fingerprint density at radius 3 is 2.68 bits per heavy atom. The molecule has 1 aliphatic heterocycles.